The van der Waals surface area contributed by atoms with Crippen molar-refractivity contribution in [2.45, 2.75) is 12.6 Å². The van der Waals surface area contributed by atoms with Gasteiger partial charge in [-0.15, -0.1) is 0 Å². The summed E-state index contributed by atoms with van der Waals surface area (Å²) in [6.45, 7) is 1.55. The lowest BCUT2D eigenvalue weighted by Crippen LogP contribution is -2.28. The van der Waals surface area contributed by atoms with Crippen molar-refractivity contribution in [2.24, 2.45) is 10.8 Å². The fourth-order valence-corrected chi connectivity index (χ4v) is 2.12. The molecule has 2 aromatic rings. The number of rotatable bonds is 4. The first-order valence-electron chi connectivity index (χ1n) is 6.66. The Kier molecular flexibility index (Phi) is 3.65. The van der Waals surface area contributed by atoms with Gasteiger partial charge in [-0.3, -0.25) is 5.01 Å². The number of para-hydroxylation sites is 1. The number of hydrogen-bond donors (Lipinski definition) is 1. The molecule has 0 bridgehead atoms. The third kappa shape index (κ3) is 3.16. The molecule has 3 rings (SSSR count). The topological polar surface area (TPSA) is 50.8 Å². The smallest absolute Gasteiger partial charge is 0.127 e. The quantitative estimate of drug-likeness (QED) is 0.926. The van der Waals surface area contributed by atoms with Crippen molar-refractivity contribution >= 4 is 6.21 Å². The summed E-state index contributed by atoms with van der Waals surface area (Å²) in [6, 6.07) is 17.9. The monoisotopic (exact) mass is 267 g/mol. The second kappa shape index (κ2) is 5.75. The van der Waals surface area contributed by atoms with Crippen molar-refractivity contribution in [1.82, 2.24) is 5.01 Å². The summed E-state index contributed by atoms with van der Waals surface area (Å²) in [7, 11) is 0. The number of hydrazone groups is 1. The molecule has 1 aliphatic rings. The summed E-state index contributed by atoms with van der Waals surface area (Å²) in [4.78, 5) is 0. The summed E-state index contributed by atoms with van der Waals surface area (Å²) in [6.07, 6.45) is 1.78. The Balaban J connectivity index is 1.61. The van der Waals surface area contributed by atoms with E-state index in [0.717, 1.165) is 24.6 Å². The Morgan fingerprint density at radius 3 is 2.40 bits per heavy atom. The molecule has 4 nitrogen and oxygen atoms in total. The van der Waals surface area contributed by atoms with E-state index in [4.69, 9.17) is 10.5 Å². The van der Waals surface area contributed by atoms with Crippen LogP contribution < -0.4 is 10.5 Å². The standard InChI is InChI=1S/C16H17N3O/c17-14-10-18-19(12-14)11-13-6-8-16(9-7-13)20-15-4-2-1-3-5-15/h1-10,14H,11-12,17H2. The number of nitrogens with zero attached hydrogens (tertiary/aromatic N) is 2. The van der Waals surface area contributed by atoms with Crippen LogP contribution in [-0.2, 0) is 6.54 Å². The summed E-state index contributed by atoms with van der Waals surface area (Å²) < 4.78 is 5.76. The van der Waals surface area contributed by atoms with E-state index >= 15 is 0 Å². The normalized spacial score (nSPS) is 17.4. The number of nitrogens with two attached hydrogens (primary N) is 1. The minimum atomic E-state index is 0.0516. The zero-order valence-electron chi connectivity index (χ0n) is 11.1. The van der Waals surface area contributed by atoms with Gasteiger partial charge in [0.25, 0.3) is 0 Å². The summed E-state index contributed by atoms with van der Waals surface area (Å²) in [5, 5.41) is 6.22. The maximum Gasteiger partial charge on any atom is 0.127 e. The van der Waals surface area contributed by atoms with Crippen LogP contribution in [0.1, 0.15) is 5.56 Å². The molecular formula is C16H17N3O. The van der Waals surface area contributed by atoms with Crippen LogP contribution in [0.3, 0.4) is 0 Å². The third-order valence-electron chi connectivity index (χ3n) is 3.11. The molecule has 0 fully saturated rings. The molecule has 0 saturated carbocycles. The Labute approximate surface area is 118 Å². The van der Waals surface area contributed by atoms with Crippen molar-refractivity contribution in [3.8, 4) is 11.5 Å². The molecule has 0 amide bonds. The number of benzene rings is 2. The first-order valence-corrected chi connectivity index (χ1v) is 6.66. The van der Waals surface area contributed by atoms with Gasteiger partial charge >= 0.3 is 0 Å². The predicted octanol–water partition coefficient (Wildman–Crippen LogP) is 2.61. The molecule has 4 heteroatoms. The molecule has 102 valence electrons. The van der Waals surface area contributed by atoms with Crippen molar-refractivity contribution in [3.05, 3.63) is 60.2 Å². The Morgan fingerprint density at radius 1 is 1.05 bits per heavy atom. The molecule has 1 unspecified atom stereocenters. The molecule has 0 saturated heterocycles. The average molecular weight is 267 g/mol. The van der Waals surface area contributed by atoms with E-state index in [-0.39, 0.29) is 6.04 Å². The van der Waals surface area contributed by atoms with Crippen molar-refractivity contribution in [3.63, 3.8) is 0 Å². The highest BCUT2D eigenvalue weighted by molar-refractivity contribution is 5.65. The maximum atomic E-state index is 5.78. The second-order valence-corrected chi connectivity index (χ2v) is 4.83. The largest absolute Gasteiger partial charge is 0.457 e. The molecule has 1 aliphatic heterocycles. The van der Waals surface area contributed by atoms with Gasteiger partial charge in [-0.1, -0.05) is 30.3 Å². The molecule has 0 radical (unpaired) electrons. The summed E-state index contributed by atoms with van der Waals surface area (Å²) >= 11 is 0. The Morgan fingerprint density at radius 2 is 1.75 bits per heavy atom. The molecule has 2 N–H and O–H groups in total. The predicted molar refractivity (Wildman–Crippen MR) is 79.8 cm³/mol. The average Bonchev–Trinajstić information content (AvgIpc) is 2.88. The van der Waals surface area contributed by atoms with Crippen molar-refractivity contribution < 1.29 is 4.74 Å². The summed E-state index contributed by atoms with van der Waals surface area (Å²) in [5.74, 6) is 1.68. The van der Waals surface area contributed by atoms with Crippen LogP contribution in [0.2, 0.25) is 0 Å². The lowest BCUT2D eigenvalue weighted by Gasteiger charge is -2.15. The van der Waals surface area contributed by atoms with E-state index in [1.54, 1.807) is 6.21 Å². The highest BCUT2D eigenvalue weighted by atomic mass is 16.5. The van der Waals surface area contributed by atoms with E-state index in [2.05, 4.69) is 17.2 Å². The minimum Gasteiger partial charge on any atom is -0.457 e. The van der Waals surface area contributed by atoms with Gasteiger partial charge in [0.05, 0.1) is 19.1 Å². The molecule has 1 atom stereocenters. The van der Waals surface area contributed by atoms with E-state index in [1.807, 2.05) is 47.5 Å². The highest BCUT2D eigenvalue weighted by Gasteiger charge is 2.13. The summed E-state index contributed by atoms with van der Waals surface area (Å²) in [5.41, 5.74) is 6.97. The van der Waals surface area contributed by atoms with Crippen LogP contribution in [0, 0.1) is 0 Å². The molecular weight excluding hydrogens is 250 g/mol. The fraction of sp³-hybridized carbons (Fsp3) is 0.188. The number of ether oxygens (including phenoxy) is 1. The molecule has 0 aliphatic carbocycles. The van der Waals surface area contributed by atoms with Gasteiger partial charge in [-0.2, -0.15) is 5.10 Å². The minimum absolute atomic E-state index is 0.0516. The lowest BCUT2D eigenvalue weighted by molar-refractivity contribution is 0.302. The van der Waals surface area contributed by atoms with Gasteiger partial charge in [0, 0.05) is 6.21 Å². The second-order valence-electron chi connectivity index (χ2n) is 4.83. The highest BCUT2D eigenvalue weighted by Crippen LogP contribution is 2.21. The Hall–Kier alpha value is -2.33. The van der Waals surface area contributed by atoms with E-state index in [0.29, 0.717) is 0 Å². The van der Waals surface area contributed by atoms with Gasteiger partial charge in [0.1, 0.15) is 11.5 Å². The van der Waals surface area contributed by atoms with Gasteiger partial charge in [0.15, 0.2) is 0 Å². The van der Waals surface area contributed by atoms with Gasteiger partial charge < -0.3 is 10.5 Å². The SMILES string of the molecule is NC1C=NN(Cc2ccc(Oc3ccccc3)cc2)C1. The van der Waals surface area contributed by atoms with Gasteiger partial charge in [0.2, 0.25) is 0 Å². The van der Waals surface area contributed by atoms with Crippen LogP contribution in [-0.4, -0.2) is 23.8 Å². The van der Waals surface area contributed by atoms with Gasteiger partial charge in [-0.25, -0.2) is 0 Å². The van der Waals surface area contributed by atoms with Crippen LogP contribution in [0.15, 0.2) is 59.7 Å². The maximum absolute atomic E-state index is 5.78. The van der Waals surface area contributed by atoms with E-state index in [1.165, 1.54) is 5.56 Å². The van der Waals surface area contributed by atoms with Crippen LogP contribution in [0.5, 0.6) is 11.5 Å². The first-order chi connectivity index (χ1) is 9.79. The fourth-order valence-electron chi connectivity index (χ4n) is 2.12. The van der Waals surface area contributed by atoms with Crippen LogP contribution in [0.25, 0.3) is 0 Å². The number of hydrogen-bond acceptors (Lipinski definition) is 4. The Bertz CT molecular complexity index is 580. The van der Waals surface area contributed by atoms with E-state index < -0.39 is 0 Å². The first kappa shape index (κ1) is 12.7. The van der Waals surface area contributed by atoms with Crippen LogP contribution >= 0.6 is 0 Å². The third-order valence-corrected chi connectivity index (χ3v) is 3.11. The van der Waals surface area contributed by atoms with Crippen molar-refractivity contribution in [1.29, 1.82) is 0 Å². The van der Waals surface area contributed by atoms with Crippen molar-refractivity contribution in [2.75, 3.05) is 6.54 Å². The molecule has 0 spiro atoms. The van der Waals surface area contributed by atoms with Crippen LogP contribution in [0.4, 0.5) is 0 Å². The molecule has 20 heavy (non-hydrogen) atoms. The molecule has 1 heterocycles. The lowest BCUT2D eigenvalue weighted by atomic mass is 10.2. The zero-order valence-corrected chi connectivity index (χ0v) is 11.1. The molecule has 2 aromatic carbocycles. The van der Waals surface area contributed by atoms with Gasteiger partial charge in [-0.05, 0) is 29.8 Å². The zero-order chi connectivity index (χ0) is 13.8. The van der Waals surface area contributed by atoms with E-state index in [9.17, 15) is 0 Å². The molecule has 0 aromatic heterocycles.